The summed E-state index contributed by atoms with van der Waals surface area (Å²) in [5, 5.41) is 0. The Morgan fingerprint density at radius 1 is 1.05 bits per heavy atom. The molecule has 0 aliphatic heterocycles. The molecule has 112 valence electrons. The molecule has 2 rings (SSSR count). The van der Waals surface area contributed by atoms with Crippen LogP contribution in [0.3, 0.4) is 0 Å². The van der Waals surface area contributed by atoms with Gasteiger partial charge in [-0.05, 0) is 58.0 Å². The number of hydrogen-bond acceptors (Lipinski definition) is 2. The zero-order valence-corrected chi connectivity index (χ0v) is 12.7. The highest BCUT2D eigenvalue weighted by atomic mass is 127. The molecule has 0 heterocycles. The number of benzene rings is 2. The first-order valence-electron chi connectivity index (χ1n) is 5.91. The molecule has 1 unspecified atom stereocenters. The minimum atomic E-state index is -4.71. The van der Waals surface area contributed by atoms with E-state index in [-0.39, 0.29) is 0 Å². The van der Waals surface area contributed by atoms with Crippen molar-refractivity contribution in [1.29, 1.82) is 0 Å². The van der Waals surface area contributed by atoms with E-state index in [2.05, 4.69) is 28.0 Å². The Morgan fingerprint density at radius 3 is 2.24 bits per heavy atom. The van der Waals surface area contributed by atoms with Crippen LogP contribution in [0.15, 0.2) is 42.5 Å². The number of alkyl halides is 3. The van der Waals surface area contributed by atoms with Crippen molar-refractivity contribution in [3.8, 4) is 0 Å². The highest BCUT2D eigenvalue weighted by Gasteiger charge is 2.34. The standard InChI is InChI=1S/C14H11F4IN2/c15-12-7-9(4-5-11(12)14(16,17)18)13(21-20)8-2-1-3-10(19)6-8/h1-7,13,21H,20H2. The van der Waals surface area contributed by atoms with Gasteiger partial charge in [0.25, 0.3) is 0 Å². The fourth-order valence-electron chi connectivity index (χ4n) is 2.01. The first kappa shape index (κ1) is 16.2. The summed E-state index contributed by atoms with van der Waals surface area (Å²) in [7, 11) is 0. The summed E-state index contributed by atoms with van der Waals surface area (Å²) in [5.74, 6) is 4.15. The van der Waals surface area contributed by atoms with Gasteiger partial charge in [-0.15, -0.1) is 0 Å². The van der Waals surface area contributed by atoms with Crippen molar-refractivity contribution in [3.05, 3.63) is 68.5 Å². The van der Waals surface area contributed by atoms with E-state index in [0.717, 1.165) is 21.3 Å². The molecule has 2 aromatic carbocycles. The van der Waals surface area contributed by atoms with E-state index in [4.69, 9.17) is 5.84 Å². The minimum Gasteiger partial charge on any atom is -0.271 e. The lowest BCUT2D eigenvalue weighted by Crippen LogP contribution is -2.29. The second-order valence-electron chi connectivity index (χ2n) is 4.39. The zero-order valence-electron chi connectivity index (χ0n) is 10.6. The molecule has 1 atom stereocenters. The van der Waals surface area contributed by atoms with Gasteiger partial charge < -0.3 is 0 Å². The van der Waals surface area contributed by atoms with Gasteiger partial charge in [-0.3, -0.25) is 5.84 Å². The number of hydrazine groups is 1. The molecule has 21 heavy (non-hydrogen) atoms. The molecular formula is C14H11F4IN2. The minimum absolute atomic E-state index is 0.324. The molecule has 0 aliphatic carbocycles. The van der Waals surface area contributed by atoms with Gasteiger partial charge in [0.1, 0.15) is 5.82 Å². The Morgan fingerprint density at radius 2 is 1.71 bits per heavy atom. The van der Waals surface area contributed by atoms with Crippen molar-refractivity contribution >= 4 is 22.6 Å². The molecule has 0 bridgehead atoms. The fourth-order valence-corrected chi connectivity index (χ4v) is 2.58. The average molecular weight is 410 g/mol. The Balaban J connectivity index is 2.42. The molecule has 0 saturated heterocycles. The Hall–Kier alpha value is -1.19. The van der Waals surface area contributed by atoms with E-state index in [1.807, 2.05) is 12.1 Å². The van der Waals surface area contributed by atoms with E-state index in [1.54, 1.807) is 12.1 Å². The van der Waals surface area contributed by atoms with Crippen molar-refractivity contribution in [2.45, 2.75) is 12.2 Å². The Labute approximate surface area is 132 Å². The average Bonchev–Trinajstić information content (AvgIpc) is 2.38. The summed E-state index contributed by atoms with van der Waals surface area (Å²) in [6.07, 6.45) is -4.71. The maximum Gasteiger partial charge on any atom is 0.419 e. The maximum atomic E-state index is 13.6. The lowest BCUT2D eigenvalue weighted by atomic mass is 9.98. The van der Waals surface area contributed by atoms with Gasteiger partial charge in [0.05, 0.1) is 11.6 Å². The van der Waals surface area contributed by atoms with Crippen LogP contribution in [0.2, 0.25) is 0 Å². The number of nitrogens with one attached hydrogen (secondary N) is 1. The molecule has 2 aromatic rings. The van der Waals surface area contributed by atoms with Gasteiger partial charge in [-0.1, -0.05) is 18.2 Å². The van der Waals surface area contributed by atoms with Crippen LogP contribution in [0.1, 0.15) is 22.7 Å². The summed E-state index contributed by atoms with van der Waals surface area (Å²) in [5.41, 5.74) is 2.27. The predicted octanol–water partition coefficient (Wildman–Crippen LogP) is 4.00. The van der Waals surface area contributed by atoms with E-state index in [0.29, 0.717) is 5.56 Å². The topological polar surface area (TPSA) is 38.0 Å². The van der Waals surface area contributed by atoms with Gasteiger partial charge in [-0.25, -0.2) is 9.82 Å². The van der Waals surface area contributed by atoms with E-state index >= 15 is 0 Å². The molecule has 7 heteroatoms. The van der Waals surface area contributed by atoms with Crippen LogP contribution in [0, 0.1) is 9.39 Å². The van der Waals surface area contributed by atoms with Crippen molar-refractivity contribution < 1.29 is 17.6 Å². The van der Waals surface area contributed by atoms with Crippen LogP contribution in [0.5, 0.6) is 0 Å². The van der Waals surface area contributed by atoms with Crippen molar-refractivity contribution in [2.24, 2.45) is 5.84 Å². The zero-order chi connectivity index (χ0) is 15.6. The maximum absolute atomic E-state index is 13.6. The third kappa shape index (κ3) is 3.72. The molecule has 0 radical (unpaired) electrons. The molecule has 0 aromatic heterocycles. The second kappa shape index (κ2) is 6.29. The van der Waals surface area contributed by atoms with Gasteiger partial charge in [-0.2, -0.15) is 13.2 Å². The van der Waals surface area contributed by atoms with Gasteiger partial charge in [0.2, 0.25) is 0 Å². The summed E-state index contributed by atoms with van der Waals surface area (Å²) in [4.78, 5) is 0. The SMILES string of the molecule is NNC(c1cccc(I)c1)c1ccc(C(F)(F)F)c(F)c1. The predicted molar refractivity (Wildman–Crippen MR) is 79.7 cm³/mol. The van der Waals surface area contributed by atoms with Crippen LogP contribution in [0.25, 0.3) is 0 Å². The highest BCUT2D eigenvalue weighted by molar-refractivity contribution is 14.1. The first-order chi connectivity index (χ1) is 9.82. The van der Waals surface area contributed by atoms with Crippen LogP contribution >= 0.6 is 22.6 Å². The number of nitrogens with two attached hydrogens (primary N) is 1. The summed E-state index contributed by atoms with van der Waals surface area (Å²) in [6, 6.07) is 9.46. The third-order valence-corrected chi connectivity index (χ3v) is 3.65. The molecule has 0 amide bonds. The quantitative estimate of drug-likeness (QED) is 0.348. The Kier molecular flexibility index (Phi) is 4.84. The van der Waals surface area contributed by atoms with E-state index in [1.165, 1.54) is 6.07 Å². The fraction of sp³-hybridized carbons (Fsp3) is 0.143. The number of rotatable bonds is 3. The number of halogens is 5. The van der Waals surface area contributed by atoms with Crippen molar-refractivity contribution in [3.63, 3.8) is 0 Å². The van der Waals surface area contributed by atoms with Crippen LogP contribution < -0.4 is 11.3 Å². The van der Waals surface area contributed by atoms with Crippen LogP contribution in [-0.4, -0.2) is 0 Å². The van der Waals surface area contributed by atoms with Crippen LogP contribution in [0.4, 0.5) is 17.6 Å². The lowest BCUT2D eigenvalue weighted by Gasteiger charge is -2.18. The van der Waals surface area contributed by atoms with E-state index in [9.17, 15) is 17.6 Å². The smallest absolute Gasteiger partial charge is 0.271 e. The van der Waals surface area contributed by atoms with Gasteiger partial charge in [0.15, 0.2) is 0 Å². The van der Waals surface area contributed by atoms with Crippen molar-refractivity contribution in [2.75, 3.05) is 0 Å². The normalized spacial score (nSPS) is 13.2. The third-order valence-electron chi connectivity index (χ3n) is 2.98. The largest absolute Gasteiger partial charge is 0.419 e. The molecular weight excluding hydrogens is 399 g/mol. The van der Waals surface area contributed by atoms with Gasteiger partial charge in [0, 0.05) is 3.57 Å². The molecule has 0 aliphatic rings. The number of hydrogen-bond donors (Lipinski definition) is 2. The monoisotopic (exact) mass is 410 g/mol. The van der Waals surface area contributed by atoms with E-state index < -0.39 is 23.6 Å². The second-order valence-corrected chi connectivity index (χ2v) is 5.64. The molecule has 3 N–H and O–H groups in total. The summed E-state index contributed by atoms with van der Waals surface area (Å²) in [6.45, 7) is 0. The Bertz CT molecular complexity index is 643. The summed E-state index contributed by atoms with van der Waals surface area (Å²) >= 11 is 2.11. The van der Waals surface area contributed by atoms with Crippen molar-refractivity contribution in [1.82, 2.24) is 5.43 Å². The first-order valence-corrected chi connectivity index (χ1v) is 6.99. The molecule has 0 spiro atoms. The molecule has 0 fully saturated rings. The molecule has 2 nitrogen and oxygen atoms in total. The highest BCUT2D eigenvalue weighted by Crippen LogP contribution is 2.33. The lowest BCUT2D eigenvalue weighted by molar-refractivity contribution is -0.140. The summed E-state index contributed by atoms with van der Waals surface area (Å²) < 4.78 is 52.3. The van der Waals surface area contributed by atoms with Crippen LogP contribution in [-0.2, 0) is 6.18 Å². The molecule has 0 saturated carbocycles. The van der Waals surface area contributed by atoms with Gasteiger partial charge >= 0.3 is 6.18 Å².